The maximum absolute atomic E-state index is 5.30. The van der Waals surface area contributed by atoms with Crippen LogP contribution in [0.25, 0.3) is 0 Å². The first kappa shape index (κ1) is 10.8. The van der Waals surface area contributed by atoms with E-state index in [1.54, 1.807) is 0 Å². The highest BCUT2D eigenvalue weighted by Gasteiger charge is 2.35. The van der Waals surface area contributed by atoms with Crippen molar-refractivity contribution in [2.75, 3.05) is 0 Å². The van der Waals surface area contributed by atoms with E-state index in [-0.39, 0.29) is 7.28 Å². The molecule has 0 aliphatic carbocycles. The zero-order chi connectivity index (χ0) is 7.71. The van der Waals surface area contributed by atoms with Crippen molar-refractivity contribution >= 4 is 76.9 Å². The van der Waals surface area contributed by atoms with Gasteiger partial charge in [0.25, 0.3) is 7.28 Å². The molecule has 0 amide bonds. The fourth-order valence-corrected chi connectivity index (χ4v) is 2.05. The van der Waals surface area contributed by atoms with Crippen molar-refractivity contribution in [3.63, 3.8) is 0 Å². The second-order valence-electron chi connectivity index (χ2n) is 1.41. The summed E-state index contributed by atoms with van der Waals surface area (Å²) < 4.78 is -2.99. The molecule has 0 fully saturated rings. The van der Waals surface area contributed by atoms with Gasteiger partial charge in [-0.3, -0.25) is 0 Å². The van der Waals surface area contributed by atoms with Gasteiger partial charge in [-0.1, -0.05) is 69.6 Å². The molecule has 0 aromatic rings. The van der Waals surface area contributed by atoms with Gasteiger partial charge < -0.3 is 0 Å². The maximum Gasteiger partial charge on any atom is 0.250 e. The minimum Gasteiger partial charge on any atom is -0.0942 e. The average molecular weight is 249 g/mol. The fraction of sp³-hybridized carbons (Fsp3) is 1.00. The summed E-state index contributed by atoms with van der Waals surface area (Å²) in [6.07, 6.45) is 0. The zero-order valence-corrected chi connectivity index (χ0v) is 8.51. The van der Waals surface area contributed by atoms with Crippen molar-refractivity contribution in [3.8, 4) is 0 Å². The van der Waals surface area contributed by atoms with Crippen molar-refractivity contribution in [3.05, 3.63) is 0 Å². The van der Waals surface area contributed by atoms with Crippen LogP contribution in [0.2, 0.25) is 0 Å². The molecule has 9 heavy (non-hydrogen) atoms. The molecule has 0 atom stereocenters. The highest BCUT2D eigenvalue weighted by Crippen LogP contribution is 2.35. The molecule has 54 valence electrons. The van der Waals surface area contributed by atoms with Gasteiger partial charge in [0.1, 0.15) is 0 Å². The van der Waals surface area contributed by atoms with E-state index in [0.717, 1.165) is 0 Å². The molecule has 0 bridgehead atoms. The molecule has 0 spiro atoms. The lowest BCUT2D eigenvalue weighted by Crippen LogP contribution is -2.27. The second kappa shape index (κ2) is 3.47. The molecular weight excluding hydrogens is 248 g/mol. The zero-order valence-electron chi connectivity index (χ0n) is 3.97. The van der Waals surface area contributed by atoms with Crippen LogP contribution < -0.4 is 0 Å². The van der Waals surface area contributed by atoms with Crippen molar-refractivity contribution in [1.29, 1.82) is 0 Å². The smallest absolute Gasteiger partial charge is 0.0942 e. The van der Waals surface area contributed by atoms with Gasteiger partial charge in [0.15, 0.2) is 7.38 Å². The van der Waals surface area contributed by atoms with Gasteiger partial charge in [-0.15, -0.1) is 0 Å². The number of rotatable bonds is 0. The van der Waals surface area contributed by atoms with Crippen molar-refractivity contribution in [2.45, 2.75) is 7.38 Å². The van der Waals surface area contributed by atoms with Crippen LogP contribution in [0.15, 0.2) is 0 Å². The third kappa shape index (κ3) is 9.80. The van der Waals surface area contributed by atoms with E-state index in [1.165, 1.54) is 0 Å². The van der Waals surface area contributed by atoms with Gasteiger partial charge in [-0.2, -0.15) is 0 Å². The first-order valence-electron chi connectivity index (χ1n) is 1.84. The summed E-state index contributed by atoms with van der Waals surface area (Å²) in [7, 11) is -0.116. The molecule has 7 heteroatoms. The lowest BCUT2D eigenvalue weighted by Gasteiger charge is -2.14. The van der Waals surface area contributed by atoms with Gasteiger partial charge in [0.2, 0.25) is 0 Å². The van der Waals surface area contributed by atoms with Crippen LogP contribution in [0, 0.1) is 0 Å². The van der Waals surface area contributed by atoms with Crippen LogP contribution in [0.4, 0.5) is 0 Å². The Morgan fingerprint density at radius 1 is 0.667 bits per heavy atom. The minimum absolute atomic E-state index is 0.116. The Morgan fingerprint density at radius 2 is 0.889 bits per heavy atom. The Morgan fingerprint density at radius 3 is 0.889 bits per heavy atom. The Kier molecular flexibility index (Phi) is 4.16. The topological polar surface area (TPSA) is 0 Å². The van der Waals surface area contributed by atoms with E-state index in [9.17, 15) is 0 Å². The lowest BCUT2D eigenvalue weighted by molar-refractivity contribution is 1.56. The first-order valence-corrected chi connectivity index (χ1v) is 4.11. The molecular formula is C2HBCl6. The van der Waals surface area contributed by atoms with Gasteiger partial charge >= 0.3 is 0 Å². The summed E-state index contributed by atoms with van der Waals surface area (Å²) in [5, 5.41) is 0. The highest BCUT2D eigenvalue weighted by molar-refractivity contribution is 7.00. The standard InChI is InChI=1S/C2HBCl6/c4-1(5,6)3-2(7,8)9/h3H. The predicted octanol–water partition coefficient (Wildman–Crippen LogP) is 3.08. The predicted molar refractivity (Wildman–Crippen MR) is 47.7 cm³/mol. The Balaban J connectivity index is 3.75. The van der Waals surface area contributed by atoms with Crippen LogP contribution in [-0.4, -0.2) is 14.7 Å². The normalized spacial score (nSPS) is 13.6. The molecule has 0 aromatic carbocycles. The van der Waals surface area contributed by atoms with Crippen LogP contribution in [0.5, 0.6) is 0 Å². The van der Waals surface area contributed by atoms with Crippen molar-refractivity contribution in [1.82, 2.24) is 0 Å². The van der Waals surface area contributed by atoms with E-state index in [0.29, 0.717) is 0 Å². The molecule has 0 nitrogen and oxygen atoms in total. The highest BCUT2D eigenvalue weighted by atomic mass is 35.6. The van der Waals surface area contributed by atoms with Gasteiger partial charge in [0, 0.05) is 0 Å². The average Bonchev–Trinajstić information content (AvgIpc) is 1.14. The van der Waals surface area contributed by atoms with Gasteiger partial charge in [-0.05, 0) is 0 Å². The first-order chi connectivity index (χ1) is 3.71. The number of alkyl halides is 6. The monoisotopic (exact) mass is 246 g/mol. The molecule has 0 heterocycles. The summed E-state index contributed by atoms with van der Waals surface area (Å²) in [5.74, 6) is 0. The molecule has 0 saturated carbocycles. The number of hydrogen-bond donors (Lipinski definition) is 0. The third-order valence-electron chi connectivity index (χ3n) is 0.401. The van der Waals surface area contributed by atoms with Crippen LogP contribution in [0.1, 0.15) is 0 Å². The maximum atomic E-state index is 5.30. The Hall–Kier alpha value is 1.80. The number of halogens is 6. The lowest BCUT2D eigenvalue weighted by atomic mass is 9.84. The summed E-state index contributed by atoms with van der Waals surface area (Å²) >= 11 is 31.8. The van der Waals surface area contributed by atoms with Gasteiger partial charge in [-0.25, -0.2) is 0 Å². The summed E-state index contributed by atoms with van der Waals surface area (Å²) in [6, 6.07) is 0. The Bertz CT molecular complexity index is 76.2. The minimum atomic E-state index is -1.49. The molecule has 0 unspecified atom stereocenters. The van der Waals surface area contributed by atoms with Crippen molar-refractivity contribution in [2.24, 2.45) is 0 Å². The summed E-state index contributed by atoms with van der Waals surface area (Å²) in [4.78, 5) is 0. The third-order valence-corrected chi connectivity index (χ3v) is 1.20. The van der Waals surface area contributed by atoms with E-state index < -0.39 is 7.38 Å². The quantitative estimate of drug-likeness (QED) is 0.456. The molecule has 0 aliphatic heterocycles. The van der Waals surface area contributed by atoms with Crippen LogP contribution in [-0.2, 0) is 0 Å². The fourth-order valence-electron chi connectivity index (χ4n) is 0.227. The molecule has 0 saturated heterocycles. The largest absolute Gasteiger partial charge is 0.250 e. The van der Waals surface area contributed by atoms with Crippen LogP contribution >= 0.6 is 69.6 Å². The molecule has 0 radical (unpaired) electrons. The molecule has 0 N–H and O–H groups in total. The molecule has 0 aromatic heterocycles. The molecule has 0 aliphatic rings. The number of hydrogen-bond acceptors (Lipinski definition) is 0. The Labute approximate surface area is 83.9 Å². The van der Waals surface area contributed by atoms with Crippen molar-refractivity contribution < 1.29 is 0 Å². The SMILES string of the molecule is ClC(Cl)(Cl)BC(Cl)(Cl)Cl. The van der Waals surface area contributed by atoms with E-state index in [1.807, 2.05) is 0 Å². The van der Waals surface area contributed by atoms with E-state index in [2.05, 4.69) is 0 Å². The summed E-state index contributed by atoms with van der Waals surface area (Å²) in [6.45, 7) is 0. The molecule has 0 rings (SSSR count). The van der Waals surface area contributed by atoms with E-state index in [4.69, 9.17) is 69.6 Å². The van der Waals surface area contributed by atoms with E-state index >= 15 is 0 Å². The van der Waals surface area contributed by atoms with Gasteiger partial charge in [0.05, 0.1) is 0 Å². The second-order valence-corrected chi connectivity index (χ2v) is 6.44. The van der Waals surface area contributed by atoms with Crippen LogP contribution in [0.3, 0.4) is 0 Å². The summed E-state index contributed by atoms with van der Waals surface area (Å²) in [5.41, 5.74) is 0.